The maximum absolute atomic E-state index is 12.2. The van der Waals surface area contributed by atoms with E-state index in [-0.39, 0.29) is 10.9 Å². The molecule has 0 saturated heterocycles. The lowest BCUT2D eigenvalue weighted by Crippen LogP contribution is -2.12. The summed E-state index contributed by atoms with van der Waals surface area (Å²) in [5, 5.41) is 2.24. The Bertz CT molecular complexity index is 761. The summed E-state index contributed by atoms with van der Waals surface area (Å²) in [7, 11) is 0. The van der Waals surface area contributed by atoms with Crippen LogP contribution < -0.4 is 5.56 Å². The van der Waals surface area contributed by atoms with Gasteiger partial charge in [-0.3, -0.25) is 4.79 Å². The van der Waals surface area contributed by atoms with E-state index in [2.05, 4.69) is 9.97 Å². The molecular weight excluding hydrogens is 284 g/mol. The molecule has 0 aliphatic rings. The molecule has 98 valence electrons. The zero-order valence-corrected chi connectivity index (χ0v) is 11.7. The van der Waals surface area contributed by atoms with E-state index in [1.54, 1.807) is 12.5 Å². The van der Waals surface area contributed by atoms with Gasteiger partial charge in [0.05, 0.1) is 23.3 Å². The van der Waals surface area contributed by atoms with Crippen LogP contribution in [-0.4, -0.2) is 9.97 Å². The Balaban J connectivity index is 2.23. The second-order valence-electron chi connectivity index (χ2n) is 4.17. The average Bonchev–Trinajstić information content (AvgIpc) is 3.05. The Hall–Kier alpha value is -1.59. The molecule has 19 heavy (non-hydrogen) atoms. The van der Waals surface area contributed by atoms with Gasteiger partial charge in [0.1, 0.15) is 10.7 Å². The third-order valence-electron chi connectivity index (χ3n) is 2.95. The van der Waals surface area contributed by atoms with Crippen molar-refractivity contribution in [3.8, 4) is 11.1 Å². The number of hydrogen-bond acceptors (Lipinski definition) is 4. The number of alkyl halides is 1. The molecule has 1 N–H and O–H groups in total. The fourth-order valence-corrected chi connectivity index (χ4v) is 3.00. The first-order chi connectivity index (χ1) is 9.20. The second kappa shape index (κ2) is 4.83. The molecule has 1 unspecified atom stereocenters. The van der Waals surface area contributed by atoms with Crippen molar-refractivity contribution in [2.24, 2.45) is 0 Å². The number of H-pyrrole nitrogens is 1. The third kappa shape index (κ3) is 2.09. The zero-order valence-electron chi connectivity index (χ0n) is 10.1. The molecule has 0 aliphatic carbocycles. The van der Waals surface area contributed by atoms with Gasteiger partial charge in [0.25, 0.3) is 5.56 Å². The van der Waals surface area contributed by atoms with Crippen molar-refractivity contribution >= 4 is 33.2 Å². The highest BCUT2D eigenvalue weighted by atomic mass is 35.5. The minimum Gasteiger partial charge on any atom is -0.472 e. The molecule has 3 aromatic rings. The Morgan fingerprint density at radius 2 is 2.42 bits per heavy atom. The number of fused-ring (bicyclic) bond motifs is 1. The van der Waals surface area contributed by atoms with Crippen molar-refractivity contribution in [3.63, 3.8) is 0 Å². The van der Waals surface area contributed by atoms with Crippen LogP contribution in [0.1, 0.15) is 24.5 Å². The number of nitrogens with zero attached hydrogens (tertiary/aromatic N) is 1. The highest BCUT2D eigenvalue weighted by Crippen LogP contribution is 2.32. The molecule has 3 rings (SSSR count). The smallest absolute Gasteiger partial charge is 0.260 e. The summed E-state index contributed by atoms with van der Waals surface area (Å²) in [6.07, 6.45) is 3.92. The Labute approximate surface area is 118 Å². The van der Waals surface area contributed by atoms with E-state index >= 15 is 0 Å². The first-order valence-corrected chi connectivity index (χ1v) is 7.20. The number of halogens is 1. The van der Waals surface area contributed by atoms with E-state index in [0.717, 1.165) is 17.5 Å². The van der Waals surface area contributed by atoms with E-state index in [0.29, 0.717) is 16.0 Å². The standard InChI is InChI=1S/C13H11ClN2O2S/c1-2-9(14)11-15-12(17)10-8(6-19-13(10)16-11)7-3-4-18-5-7/h3-6,9H,2H2,1H3,(H,15,16,17). The molecule has 0 saturated carbocycles. The van der Waals surface area contributed by atoms with Gasteiger partial charge in [-0.25, -0.2) is 4.98 Å². The number of aromatic amines is 1. The van der Waals surface area contributed by atoms with Crippen molar-refractivity contribution in [2.75, 3.05) is 0 Å². The molecule has 1 atom stereocenters. The van der Waals surface area contributed by atoms with Gasteiger partial charge in [0.15, 0.2) is 0 Å². The predicted molar refractivity (Wildman–Crippen MR) is 76.8 cm³/mol. The molecule has 0 amide bonds. The van der Waals surface area contributed by atoms with Crippen LogP contribution in [0.15, 0.2) is 33.2 Å². The zero-order chi connectivity index (χ0) is 13.4. The van der Waals surface area contributed by atoms with E-state index in [4.69, 9.17) is 16.0 Å². The summed E-state index contributed by atoms with van der Waals surface area (Å²) in [4.78, 5) is 20.1. The molecule has 0 fully saturated rings. The van der Waals surface area contributed by atoms with Crippen LogP contribution in [0, 0.1) is 0 Å². The van der Waals surface area contributed by atoms with Gasteiger partial charge in [0.2, 0.25) is 0 Å². The van der Waals surface area contributed by atoms with Crippen molar-refractivity contribution in [3.05, 3.63) is 40.2 Å². The molecule has 4 nitrogen and oxygen atoms in total. The summed E-state index contributed by atoms with van der Waals surface area (Å²) in [6, 6.07) is 1.82. The fraction of sp³-hybridized carbons (Fsp3) is 0.231. The number of hydrogen-bond donors (Lipinski definition) is 1. The lowest BCUT2D eigenvalue weighted by molar-refractivity contribution is 0.568. The average molecular weight is 295 g/mol. The third-order valence-corrected chi connectivity index (χ3v) is 4.34. The van der Waals surface area contributed by atoms with Crippen molar-refractivity contribution in [2.45, 2.75) is 18.7 Å². The van der Waals surface area contributed by atoms with Gasteiger partial charge < -0.3 is 9.40 Å². The van der Waals surface area contributed by atoms with Crippen LogP contribution in [0.5, 0.6) is 0 Å². The van der Waals surface area contributed by atoms with Crippen LogP contribution in [-0.2, 0) is 0 Å². The first-order valence-electron chi connectivity index (χ1n) is 5.88. The number of rotatable bonds is 3. The quantitative estimate of drug-likeness (QED) is 0.744. The minimum atomic E-state index is -0.267. The van der Waals surface area contributed by atoms with Gasteiger partial charge >= 0.3 is 0 Å². The van der Waals surface area contributed by atoms with Crippen molar-refractivity contribution < 1.29 is 4.42 Å². The van der Waals surface area contributed by atoms with Crippen LogP contribution in [0.25, 0.3) is 21.3 Å². The monoisotopic (exact) mass is 294 g/mol. The molecule has 6 heteroatoms. The number of aromatic nitrogens is 2. The molecular formula is C13H11ClN2O2S. The predicted octanol–water partition coefficient (Wildman–Crippen LogP) is 3.93. The summed E-state index contributed by atoms with van der Waals surface area (Å²) < 4.78 is 5.06. The normalized spacial score (nSPS) is 12.9. The van der Waals surface area contributed by atoms with Gasteiger partial charge in [-0.15, -0.1) is 22.9 Å². The SMILES string of the molecule is CCC(Cl)c1nc2scc(-c3ccoc3)c2c(=O)[nH]1. The van der Waals surface area contributed by atoms with Gasteiger partial charge in [-0.1, -0.05) is 6.92 Å². The summed E-state index contributed by atoms with van der Waals surface area (Å²) in [5.74, 6) is 0.530. The molecule has 0 spiro atoms. The van der Waals surface area contributed by atoms with E-state index < -0.39 is 0 Å². The fourth-order valence-electron chi connectivity index (χ4n) is 1.94. The summed E-state index contributed by atoms with van der Waals surface area (Å²) in [6.45, 7) is 1.95. The van der Waals surface area contributed by atoms with Crippen molar-refractivity contribution in [1.29, 1.82) is 0 Å². The second-order valence-corrected chi connectivity index (χ2v) is 5.55. The largest absolute Gasteiger partial charge is 0.472 e. The van der Waals surface area contributed by atoms with Crippen LogP contribution in [0.2, 0.25) is 0 Å². The lowest BCUT2D eigenvalue weighted by atomic mass is 10.1. The Morgan fingerprint density at radius 1 is 1.58 bits per heavy atom. The molecule has 3 aromatic heterocycles. The minimum absolute atomic E-state index is 0.156. The summed E-state index contributed by atoms with van der Waals surface area (Å²) in [5.41, 5.74) is 1.57. The summed E-state index contributed by atoms with van der Waals surface area (Å²) >= 11 is 7.56. The molecule has 0 radical (unpaired) electrons. The van der Waals surface area contributed by atoms with Crippen molar-refractivity contribution in [1.82, 2.24) is 9.97 Å². The maximum Gasteiger partial charge on any atom is 0.260 e. The lowest BCUT2D eigenvalue weighted by Gasteiger charge is -2.05. The maximum atomic E-state index is 12.2. The Kier molecular flexibility index (Phi) is 3.16. The van der Waals surface area contributed by atoms with Crippen LogP contribution >= 0.6 is 22.9 Å². The first kappa shape index (κ1) is 12.4. The van der Waals surface area contributed by atoms with E-state index in [1.807, 2.05) is 18.4 Å². The van der Waals surface area contributed by atoms with Gasteiger partial charge in [-0.05, 0) is 12.5 Å². The van der Waals surface area contributed by atoms with Gasteiger partial charge in [-0.2, -0.15) is 0 Å². The molecule has 0 aromatic carbocycles. The highest BCUT2D eigenvalue weighted by Gasteiger charge is 2.16. The Morgan fingerprint density at radius 3 is 3.11 bits per heavy atom. The van der Waals surface area contributed by atoms with Crippen LogP contribution in [0.3, 0.4) is 0 Å². The van der Waals surface area contributed by atoms with E-state index in [1.165, 1.54) is 11.3 Å². The number of nitrogens with one attached hydrogen (secondary N) is 1. The molecule has 3 heterocycles. The highest BCUT2D eigenvalue weighted by molar-refractivity contribution is 7.17. The molecule has 0 aliphatic heterocycles. The topological polar surface area (TPSA) is 58.9 Å². The number of furan rings is 1. The number of thiophene rings is 1. The van der Waals surface area contributed by atoms with Crippen LogP contribution in [0.4, 0.5) is 0 Å². The molecule has 0 bridgehead atoms. The van der Waals surface area contributed by atoms with E-state index in [9.17, 15) is 4.79 Å². The van der Waals surface area contributed by atoms with Gasteiger partial charge in [0, 0.05) is 16.5 Å².